The zero-order valence-corrected chi connectivity index (χ0v) is 9.54. The van der Waals surface area contributed by atoms with Crippen LogP contribution in [0.1, 0.15) is 12.1 Å². The highest BCUT2D eigenvalue weighted by Gasteiger charge is 2.02. The summed E-state index contributed by atoms with van der Waals surface area (Å²) in [6, 6.07) is 3.05. The molecule has 0 aliphatic carbocycles. The molecular weight excluding hydrogens is 216 g/mol. The average Bonchev–Trinajstić information content (AvgIpc) is 2.11. The molecule has 0 N–H and O–H groups in total. The van der Waals surface area contributed by atoms with E-state index in [1.54, 1.807) is 6.92 Å². The fourth-order valence-corrected chi connectivity index (χ4v) is 1.58. The first-order chi connectivity index (χ1) is 6.97. The van der Waals surface area contributed by atoms with E-state index in [4.69, 9.17) is 4.74 Å². The third-order valence-electron chi connectivity index (χ3n) is 1.60. The molecule has 0 spiro atoms. The molecule has 0 unspecified atom stereocenters. The van der Waals surface area contributed by atoms with Gasteiger partial charge in [-0.05, 0) is 13.3 Å². The van der Waals surface area contributed by atoms with Gasteiger partial charge in [-0.1, -0.05) is 0 Å². The lowest BCUT2D eigenvalue weighted by atomic mass is 10.5. The Kier molecular flexibility index (Phi) is 4.02. The van der Waals surface area contributed by atoms with Crippen molar-refractivity contribution in [3.8, 4) is 6.01 Å². The van der Waals surface area contributed by atoms with Crippen molar-refractivity contribution in [2.45, 2.75) is 13.3 Å². The molecule has 0 aliphatic rings. The second-order valence-corrected chi connectivity index (χ2v) is 5.47. The van der Waals surface area contributed by atoms with Gasteiger partial charge < -0.3 is 4.74 Å². The number of hydrogen-bond acceptors (Lipinski definition) is 5. The fraction of sp³-hybridized carbons (Fsp3) is 0.556. The van der Waals surface area contributed by atoms with E-state index in [0.717, 1.165) is 0 Å². The molecule has 1 rings (SSSR count). The zero-order valence-electron chi connectivity index (χ0n) is 8.73. The zero-order chi connectivity index (χ0) is 11.3. The quantitative estimate of drug-likeness (QED) is 0.683. The average molecular weight is 229 g/mol. The van der Waals surface area contributed by atoms with E-state index in [2.05, 4.69) is 16.0 Å². The summed E-state index contributed by atoms with van der Waals surface area (Å²) in [5.41, 5.74) is 0.697. The molecule has 1 radical (unpaired) electrons. The third kappa shape index (κ3) is 5.31. The van der Waals surface area contributed by atoms with Crippen LogP contribution >= 0.6 is 0 Å². The summed E-state index contributed by atoms with van der Waals surface area (Å²) in [5, 5.41) is 0. The van der Waals surface area contributed by atoms with E-state index in [9.17, 15) is 8.42 Å². The van der Waals surface area contributed by atoms with E-state index in [-0.39, 0.29) is 11.8 Å². The van der Waals surface area contributed by atoms with Gasteiger partial charge in [0, 0.05) is 18.5 Å². The summed E-state index contributed by atoms with van der Waals surface area (Å²) < 4.78 is 26.8. The number of nitrogens with zero attached hydrogens (tertiary/aromatic N) is 2. The molecule has 0 atom stereocenters. The highest BCUT2D eigenvalue weighted by atomic mass is 32.2. The monoisotopic (exact) mass is 229 g/mol. The van der Waals surface area contributed by atoms with Gasteiger partial charge in [-0.25, -0.2) is 13.4 Å². The van der Waals surface area contributed by atoms with Crippen molar-refractivity contribution in [1.29, 1.82) is 0 Å². The van der Waals surface area contributed by atoms with Crippen LogP contribution in [0.4, 0.5) is 0 Å². The van der Waals surface area contributed by atoms with Gasteiger partial charge in [-0.3, -0.25) is 0 Å². The van der Waals surface area contributed by atoms with Gasteiger partial charge in [0.1, 0.15) is 9.84 Å². The number of sulfone groups is 1. The fourth-order valence-electron chi connectivity index (χ4n) is 0.940. The van der Waals surface area contributed by atoms with Gasteiger partial charge in [0.25, 0.3) is 0 Å². The van der Waals surface area contributed by atoms with Crippen LogP contribution in [0, 0.1) is 13.0 Å². The Morgan fingerprint density at radius 1 is 1.53 bits per heavy atom. The number of aryl methyl sites for hydroxylation is 1. The third-order valence-corrected chi connectivity index (χ3v) is 2.63. The number of hydrogen-bond donors (Lipinski definition) is 0. The summed E-state index contributed by atoms with van der Waals surface area (Å²) in [6.45, 7) is 2.08. The van der Waals surface area contributed by atoms with Crippen molar-refractivity contribution in [3.63, 3.8) is 0 Å². The smallest absolute Gasteiger partial charge is 0.316 e. The molecule has 0 amide bonds. The maximum absolute atomic E-state index is 10.8. The van der Waals surface area contributed by atoms with E-state index >= 15 is 0 Å². The molecule has 83 valence electrons. The molecule has 0 aromatic carbocycles. The van der Waals surface area contributed by atoms with E-state index in [1.165, 1.54) is 12.5 Å². The number of rotatable bonds is 5. The lowest BCUT2D eigenvalue weighted by Crippen LogP contribution is -2.09. The summed E-state index contributed by atoms with van der Waals surface area (Å²) in [6.07, 6.45) is 3.12. The molecule has 0 saturated heterocycles. The molecular formula is C9H13N2O3S. The summed E-state index contributed by atoms with van der Waals surface area (Å²) in [5.74, 6) is 0.116. The van der Waals surface area contributed by atoms with Gasteiger partial charge >= 0.3 is 6.01 Å². The summed E-state index contributed by atoms with van der Waals surface area (Å²) >= 11 is 0. The maximum atomic E-state index is 10.8. The Morgan fingerprint density at radius 2 is 2.27 bits per heavy atom. The SMILES string of the molecule is Cc1[c]cnc(OCCCS(C)(=O)=O)n1. The molecule has 5 nitrogen and oxygen atoms in total. The Hall–Kier alpha value is -1.17. The van der Waals surface area contributed by atoms with Crippen molar-refractivity contribution in [3.05, 3.63) is 18.0 Å². The van der Waals surface area contributed by atoms with Crippen LogP contribution < -0.4 is 4.74 Å². The summed E-state index contributed by atoms with van der Waals surface area (Å²) in [4.78, 5) is 7.80. The highest BCUT2D eigenvalue weighted by Crippen LogP contribution is 2.01. The van der Waals surface area contributed by atoms with E-state index < -0.39 is 9.84 Å². The minimum atomic E-state index is -2.91. The van der Waals surface area contributed by atoms with E-state index in [1.807, 2.05) is 0 Å². The Bertz CT molecular complexity index is 417. The summed E-state index contributed by atoms with van der Waals surface area (Å²) in [7, 11) is -2.91. The largest absolute Gasteiger partial charge is 0.463 e. The van der Waals surface area contributed by atoms with Crippen molar-refractivity contribution in [1.82, 2.24) is 9.97 Å². The Morgan fingerprint density at radius 3 is 2.87 bits per heavy atom. The number of aromatic nitrogens is 2. The van der Waals surface area contributed by atoms with Crippen LogP contribution in [0.25, 0.3) is 0 Å². The Labute approximate surface area is 89.4 Å². The van der Waals surface area contributed by atoms with Crippen LogP contribution in [0.3, 0.4) is 0 Å². The van der Waals surface area contributed by atoms with Crippen LogP contribution in [0.15, 0.2) is 6.20 Å². The normalized spacial score (nSPS) is 11.3. The van der Waals surface area contributed by atoms with Crippen LogP contribution in [-0.4, -0.2) is 37.0 Å². The van der Waals surface area contributed by atoms with Gasteiger partial charge in [0.2, 0.25) is 0 Å². The predicted octanol–water partition coefficient (Wildman–Crippen LogP) is 0.399. The maximum Gasteiger partial charge on any atom is 0.316 e. The van der Waals surface area contributed by atoms with Crippen LogP contribution in [-0.2, 0) is 9.84 Å². The molecule has 0 bridgehead atoms. The van der Waals surface area contributed by atoms with Crippen LogP contribution in [0.2, 0.25) is 0 Å². The minimum absolute atomic E-state index is 0.116. The molecule has 1 heterocycles. The van der Waals surface area contributed by atoms with Gasteiger partial charge in [-0.15, -0.1) is 0 Å². The van der Waals surface area contributed by atoms with E-state index in [0.29, 0.717) is 18.7 Å². The van der Waals surface area contributed by atoms with Crippen LogP contribution in [0.5, 0.6) is 6.01 Å². The first-order valence-electron chi connectivity index (χ1n) is 4.49. The topological polar surface area (TPSA) is 69.2 Å². The van der Waals surface area contributed by atoms with Gasteiger partial charge in [0.15, 0.2) is 0 Å². The highest BCUT2D eigenvalue weighted by molar-refractivity contribution is 7.90. The predicted molar refractivity (Wildman–Crippen MR) is 55.4 cm³/mol. The van der Waals surface area contributed by atoms with Crippen molar-refractivity contribution in [2.24, 2.45) is 0 Å². The Balaban J connectivity index is 2.32. The van der Waals surface area contributed by atoms with Crippen molar-refractivity contribution < 1.29 is 13.2 Å². The van der Waals surface area contributed by atoms with Gasteiger partial charge in [0.05, 0.1) is 18.1 Å². The first kappa shape index (κ1) is 11.9. The minimum Gasteiger partial charge on any atom is -0.463 e. The molecule has 15 heavy (non-hydrogen) atoms. The van der Waals surface area contributed by atoms with Crippen molar-refractivity contribution >= 4 is 9.84 Å². The molecule has 0 aliphatic heterocycles. The van der Waals surface area contributed by atoms with Gasteiger partial charge in [-0.2, -0.15) is 4.98 Å². The first-order valence-corrected chi connectivity index (χ1v) is 6.55. The molecule has 1 aromatic rings. The lowest BCUT2D eigenvalue weighted by Gasteiger charge is -2.03. The molecule has 1 aromatic heterocycles. The standard InChI is InChI=1S/C9H13N2O3S/c1-8-4-5-10-9(11-8)14-6-3-7-15(2,12)13/h5H,3,6-7H2,1-2H3. The second-order valence-electron chi connectivity index (χ2n) is 3.21. The molecule has 6 heteroatoms. The molecule has 0 fully saturated rings. The molecule has 0 saturated carbocycles. The number of ether oxygens (including phenoxy) is 1. The lowest BCUT2D eigenvalue weighted by molar-refractivity contribution is 0.292. The second kappa shape index (κ2) is 5.06. The van der Waals surface area contributed by atoms with Crippen molar-refractivity contribution in [2.75, 3.05) is 18.6 Å².